The van der Waals surface area contributed by atoms with Gasteiger partial charge >= 0.3 is 5.97 Å². The lowest BCUT2D eigenvalue weighted by atomic mass is 10.0. The number of hydrogen-bond donors (Lipinski definition) is 0. The maximum Gasteiger partial charge on any atom is 0.326 e. The minimum atomic E-state index is -0.527. The van der Waals surface area contributed by atoms with Gasteiger partial charge in [-0.15, -0.1) is 11.3 Å². The van der Waals surface area contributed by atoms with Gasteiger partial charge in [0.05, 0.1) is 6.54 Å². The highest BCUT2D eigenvalue weighted by Crippen LogP contribution is 2.23. The molecule has 3 aromatic rings. The topological polar surface area (TPSA) is 55.3 Å². The number of hydrogen-bond acceptors (Lipinski definition) is 6. The first-order valence-corrected chi connectivity index (χ1v) is 11.0. The maximum atomic E-state index is 12.5. The van der Waals surface area contributed by atoms with Gasteiger partial charge in [0, 0.05) is 16.6 Å². The highest BCUT2D eigenvalue weighted by molar-refractivity contribution is 7.09. The van der Waals surface area contributed by atoms with Crippen molar-refractivity contribution in [3.05, 3.63) is 64.5 Å². The molecule has 3 rings (SSSR count). The smallest absolute Gasteiger partial charge is 0.326 e. The van der Waals surface area contributed by atoms with Crippen LogP contribution in [0, 0.1) is 0 Å². The molecule has 0 amide bonds. The van der Waals surface area contributed by atoms with Gasteiger partial charge in [0.2, 0.25) is 0 Å². The van der Waals surface area contributed by atoms with Crippen LogP contribution in [0.4, 0.5) is 5.82 Å². The number of thiophene rings is 1. The van der Waals surface area contributed by atoms with Gasteiger partial charge in [-0.25, -0.2) is 9.97 Å². The predicted octanol–water partition coefficient (Wildman–Crippen LogP) is 5.68. The molecule has 0 unspecified atom stereocenters. The molecule has 6 heteroatoms. The molecule has 2 aromatic heterocycles. The zero-order valence-electron chi connectivity index (χ0n) is 18.3. The van der Waals surface area contributed by atoms with Crippen molar-refractivity contribution in [1.82, 2.24) is 9.97 Å². The van der Waals surface area contributed by atoms with Gasteiger partial charge in [0.15, 0.2) is 5.82 Å². The summed E-state index contributed by atoms with van der Waals surface area (Å²) < 4.78 is 5.54. The third kappa shape index (κ3) is 6.13. The molecule has 0 N–H and O–H groups in total. The Bertz CT molecular complexity index is 961. The quantitative estimate of drug-likeness (QED) is 0.458. The highest BCUT2D eigenvalue weighted by Gasteiger charge is 2.21. The molecule has 0 radical (unpaired) electrons. The van der Waals surface area contributed by atoms with Crippen molar-refractivity contribution in [3.63, 3.8) is 0 Å². The number of ether oxygens (including phenoxy) is 1. The van der Waals surface area contributed by atoms with Gasteiger partial charge in [0.1, 0.15) is 18.0 Å². The van der Waals surface area contributed by atoms with Crippen molar-refractivity contribution >= 4 is 23.1 Å². The van der Waals surface area contributed by atoms with Crippen molar-refractivity contribution in [2.75, 3.05) is 11.4 Å². The van der Waals surface area contributed by atoms with E-state index in [1.807, 2.05) is 55.3 Å². The summed E-state index contributed by atoms with van der Waals surface area (Å²) in [5.41, 5.74) is 1.70. The Morgan fingerprint density at radius 1 is 1.13 bits per heavy atom. The fraction of sp³-hybridized carbons (Fsp3) is 0.375. The summed E-state index contributed by atoms with van der Waals surface area (Å²) in [5, 5.41) is 2.03. The van der Waals surface area contributed by atoms with Crippen molar-refractivity contribution in [2.45, 2.75) is 52.7 Å². The molecule has 0 aliphatic heterocycles. The van der Waals surface area contributed by atoms with E-state index in [9.17, 15) is 4.79 Å². The lowest BCUT2D eigenvalue weighted by Gasteiger charge is -2.25. The molecule has 0 aliphatic carbocycles. The largest absolute Gasteiger partial charge is 0.459 e. The van der Waals surface area contributed by atoms with Crippen molar-refractivity contribution in [2.24, 2.45) is 0 Å². The van der Waals surface area contributed by atoms with Crippen molar-refractivity contribution < 1.29 is 9.53 Å². The van der Waals surface area contributed by atoms with Crippen LogP contribution in [0.25, 0.3) is 11.4 Å². The molecule has 30 heavy (non-hydrogen) atoms. The second-order valence-electron chi connectivity index (χ2n) is 8.54. The lowest BCUT2D eigenvalue weighted by Crippen LogP contribution is -2.35. The zero-order valence-corrected chi connectivity index (χ0v) is 19.1. The third-order valence-electron chi connectivity index (χ3n) is 4.47. The SMILES string of the molecule is CC(C)c1ccc(-c2nccc(N(CC(=O)OC(C)(C)C)Cc3cccs3)n2)cc1. The van der Waals surface area contributed by atoms with Crippen LogP contribution in [0.2, 0.25) is 0 Å². The van der Waals surface area contributed by atoms with E-state index in [-0.39, 0.29) is 12.5 Å². The standard InChI is InChI=1S/C24H29N3O2S/c1-17(2)18-8-10-19(11-9-18)23-25-13-12-21(26-23)27(15-20-7-6-14-30-20)16-22(28)29-24(3,4)5/h6-14,17H,15-16H2,1-5H3. The monoisotopic (exact) mass is 423 g/mol. The van der Waals surface area contributed by atoms with Gasteiger partial charge in [0.25, 0.3) is 0 Å². The van der Waals surface area contributed by atoms with Crippen molar-refractivity contribution in [3.8, 4) is 11.4 Å². The molecule has 0 bridgehead atoms. The van der Waals surface area contributed by atoms with Crippen molar-refractivity contribution in [1.29, 1.82) is 0 Å². The Kier molecular flexibility index (Phi) is 6.87. The second kappa shape index (κ2) is 9.39. The average molecular weight is 424 g/mol. The van der Waals surface area contributed by atoms with Crippen LogP contribution in [0.5, 0.6) is 0 Å². The molecule has 0 fully saturated rings. The maximum absolute atomic E-state index is 12.5. The second-order valence-corrected chi connectivity index (χ2v) is 9.57. The summed E-state index contributed by atoms with van der Waals surface area (Å²) in [6.07, 6.45) is 1.74. The lowest BCUT2D eigenvalue weighted by molar-refractivity contribution is -0.153. The number of rotatable bonds is 7. The normalized spacial score (nSPS) is 11.5. The van der Waals surface area contributed by atoms with E-state index in [0.29, 0.717) is 24.1 Å². The van der Waals surface area contributed by atoms with Gasteiger partial charge in [-0.2, -0.15) is 0 Å². The number of aromatic nitrogens is 2. The first-order valence-electron chi connectivity index (χ1n) is 10.1. The number of anilines is 1. The number of carbonyl (C=O) groups excluding carboxylic acids is 1. The molecule has 2 heterocycles. The summed E-state index contributed by atoms with van der Waals surface area (Å²) in [4.78, 5) is 24.8. The molecule has 0 atom stereocenters. The van der Waals surface area contributed by atoms with Gasteiger partial charge in [-0.05, 0) is 49.8 Å². The molecule has 0 spiro atoms. The molecular formula is C24H29N3O2S. The Balaban J connectivity index is 1.87. The van der Waals surface area contributed by atoms with Crippen LogP contribution >= 0.6 is 11.3 Å². The molecular weight excluding hydrogens is 394 g/mol. The fourth-order valence-electron chi connectivity index (χ4n) is 3.02. The van der Waals surface area contributed by atoms with E-state index in [1.54, 1.807) is 17.5 Å². The average Bonchev–Trinajstić information content (AvgIpc) is 3.19. The summed E-state index contributed by atoms with van der Waals surface area (Å²) in [6, 6.07) is 14.2. The third-order valence-corrected chi connectivity index (χ3v) is 5.33. The fourth-order valence-corrected chi connectivity index (χ4v) is 3.74. The summed E-state index contributed by atoms with van der Waals surface area (Å²) in [5.74, 6) is 1.54. The van der Waals surface area contributed by atoms with Gasteiger partial charge in [-0.1, -0.05) is 44.2 Å². The zero-order chi connectivity index (χ0) is 21.7. The summed E-state index contributed by atoms with van der Waals surface area (Å²) in [7, 11) is 0. The number of esters is 1. The van der Waals surface area contributed by atoms with Crippen LogP contribution < -0.4 is 4.90 Å². The van der Waals surface area contributed by atoms with E-state index in [4.69, 9.17) is 9.72 Å². The molecule has 158 valence electrons. The highest BCUT2D eigenvalue weighted by atomic mass is 32.1. The Morgan fingerprint density at radius 3 is 2.47 bits per heavy atom. The first kappa shape index (κ1) is 22.0. The molecule has 1 aromatic carbocycles. The predicted molar refractivity (Wildman–Crippen MR) is 123 cm³/mol. The summed E-state index contributed by atoms with van der Waals surface area (Å²) in [6.45, 7) is 10.7. The van der Waals surface area contributed by atoms with Crippen LogP contribution in [-0.4, -0.2) is 28.1 Å². The Labute approximate surface area is 182 Å². The number of carbonyl (C=O) groups is 1. The minimum Gasteiger partial charge on any atom is -0.459 e. The molecule has 0 aliphatic rings. The van der Waals surface area contributed by atoms with Gasteiger partial charge in [-0.3, -0.25) is 4.79 Å². The number of benzene rings is 1. The van der Waals surface area contributed by atoms with E-state index in [0.717, 1.165) is 10.4 Å². The minimum absolute atomic E-state index is 0.123. The molecule has 0 saturated carbocycles. The van der Waals surface area contributed by atoms with E-state index in [1.165, 1.54) is 5.56 Å². The Morgan fingerprint density at radius 2 is 1.87 bits per heavy atom. The van der Waals surface area contributed by atoms with E-state index < -0.39 is 5.60 Å². The van der Waals surface area contributed by atoms with Crippen LogP contribution in [-0.2, 0) is 16.1 Å². The number of nitrogens with zero attached hydrogens (tertiary/aromatic N) is 3. The summed E-state index contributed by atoms with van der Waals surface area (Å²) >= 11 is 1.65. The first-order chi connectivity index (χ1) is 14.2. The van der Waals surface area contributed by atoms with Gasteiger partial charge < -0.3 is 9.64 Å². The van der Waals surface area contributed by atoms with Crippen LogP contribution in [0.3, 0.4) is 0 Å². The van der Waals surface area contributed by atoms with Crippen LogP contribution in [0.15, 0.2) is 54.0 Å². The van der Waals surface area contributed by atoms with E-state index >= 15 is 0 Å². The molecule has 0 saturated heterocycles. The van der Waals surface area contributed by atoms with E-state index in [2.05, 4.69) is 37.0 Å². The molecule has 5 nitrogen and oxygen atoms in total. The Hall–Kier alpha value is -2.73. The van der Waals surface area contributed by atoms with Crippen LogP contribution in [0.1, 0.15) is 51.0 Å².